The van der Waals surface area contributed by atoms with Gasteiger partial charge in [-0.05, 0) is 29.3 Å². The molecule has 0 bridgehead atoms. The number of Topliss-reactive ketones (excluding diaryl/α,β-unsaturated/α-hetero) is 1. The van der Waals surface area contributed by atoms with Crippen molar-refractivity contribution < 1.29 is 14.3 Å². The molecule has 0 spiro atoms. The average molecular weight is 369 g/mol. The Labute approximate surface area is 162 Å². The van der Waals surface area contributed by atoms with Crippen LogP contribution in [-0.2, 0) is 0 Å². The topological polar surface area (TPSA) is 51.3 Å². The molecule has 4 nitrogen and oxygen atoms in total. The van der Waals surface area contributed by atoms with Gasteiger partial charge in [-0.1, -0.05) is 54.6 Å². The maximum absolute atomic E-state index is 13.0. The Kier molecular flexibility index (Phi) is 4.09. The van der Waals surface area contributed by atoms with Gasteiger partial charge in [-0.2, -0.15) is 0 Å². The summed E-state index contributed by atoms with van der Waals surface area (Å²) in [7, 11) is 0. The smallest absolute Gasteiger partial charge is 0.231 e. The molecule has 0 amide bonds. The summed E-state index contributed by atoms with van der Waals surface area (Å²) in [6, 6.07) is 23.6. The molecule has 0 radical (unpaired) electrons. The summed E-state index contributed by atoms with van der Waals surface area (Å²) in [5.74, 6) is 1.51. The molecule has 138 valence electrons. The summed E-state index contributed by atoms with van der Waals surface area (Å²) < 4.78 is 11.0. The van der Waals surface area contributed by atoms with Gasteiger partial charge >= 0.3 is 0 Å². The van der Waals surface area contributed by atoms with Gasteiger partial charge < -0.3 is 14.5 Å². The predicted molar refractivity (Wildman–Crippen MR) is 108 cm³/mol. The molecular weight excluding hydrogens is 350 g/mol. The first-order valence-electron chi connectivity index (χ1n) is 9.33. The van der Waals surface area contributed by atoms with E-state index < -0.39 is 0 Å². The van der Waals surface area contributed by atoms with Crippen molar-refractivity contribution in [1.29, 1.82) is 0 Å². The number of ketones is 1. The highest BCUT2D eigenvalue weighted by Gasteiger charge is 2.24. The van der Waals surface area contributed by atoms with Crippen LogP contribution < -0.4 is 9.47 Å². The Morgan fingerprint density at radius 3 is 2.61 bits per heavy atom. The molecule has 2 heterocycles. The van der Waals surface area contributed by atoms with Crippen LogP contribution in [0.2, 0.25) is 0 Å². The first-order chi connectivity index (χ1) is 13.8. The molecule has 0 saturated carbocycles. The van der Waals surface area contributed by atoms with Gasteiger partial charge in [0.25, 0.3) is 0 Å². The minimum atomic E-state index is -0.0849. The van der Waals surface area contributed by atoms with Gasteiger partial charge in [-0.25, -0.2) is 0 Å². The summed E-state index contributed by atoms with van der Waals surface area (Å²) in [6.07, 6.45) is 2.39. The Balaban J connectivity index is 1.59. The van der Waals surface area contributed by atoms with Crippen LogP contribution in [0.25, 0.3) is 10.9 Å². The quantitative estimate of drug-likeness (QED) is 0.486. The fourth-order valence-electron chi connectivity index (χ4n) is 3.85. The lowest BCUT2D eigenvalue weighted by molar-refractivity contribution is 0.0977. The van der Waals surface area contributed by atoms with E-state index in [4.69, 9.17) is 9.47 Å². The number of para-hydroxylation sites is 1. The first kappa shape index (κ1) is 16.6. The van der Waals surface area contributed by atoms with E-state index in [1.807, 2.05) is 66.9 Å². The van der Waals surface area contributed by atoms with Gasteiger partial charge in [0.05, 0.1) is 0 Å². The number of ether oxygens (including phenoxy) is 2. The van der Waals surface area contributed by atoms with E-state index in [0.717, 1.165) is 39.1 Å². The molecule has 4 aromatic rings. The molecule has 1 aliphatic heterocycles. The van der Waals surface area contributed by atoms with E-state index in [-0.39, 0.29) is 18.5 Å². The van der Waals surface area contributed by atoms with Crippen molar-refractivity contribution >= 4 is 16.7 Å². The number of rotatable bonds is 5. The second kappa shape index (κ2) is 6.89. The third-order valence-corrected chi connectivity index (χ3v) is 5.28. The highest BCUT2D eigenvalue weighted by atomic mass is 16.7. The molecular formula is C24H19NO3. The van der Waals surface area contributed by atoms with Crippen LogP contribution in [0.1, 0.15) is 33.8 Å². The van der Waals surface area contributed by atoms with Crippen molar-refractivity contribution in [2.45, 2.75) is 12.3 Å². The summed E-state index contributed by atoms with van der Waals surface area (Å²) in [5, 5.41) is 1.13. The standard InChI is InChI=1S/C24H19NO3/c26-22(16-6-2-1-3-7-16)13-19(17-10-11-23-24(12-17)28-15-27-23)20-14-25-21-9-5-4-8-18(20)21/h1-12,14,19,25H,13,15H2. The van der Waals surface area contributed by atoms with Crippen LogP contribution in [-0.4, -0.2) is 17.6 Å². The van der Waals surface area contributed by atoms with E-state index in [9.17, 15) is 4.79 Å². The van der Waals surface area contributed by atoms with E-state index in [1.54, 1.807) is 0 Å². The summed E-state index contributed by atoms with van der Waals surface area (Å²) in [5.41, 5.74) is 3.94. The Hall–Kier alpha value is -3.53. The van der Waals surface area contributed by atoms with Crippen molar-refractivity contribution in [2.75, 3.05) is 6.79 Å². The molecule has 1 N–H and O–H groups in total. The van der Waals surface area contributed by atoms with Gasteiger partial charge in [0, 0.05) is 35.0 Å². The first-order valence-corrected chi connectivity index (χ1v) is 9.33. The van der Waals surface area contributed by atoms with Gasteiger partial charge in [-0.3, -0.25) is 4.79 Å². The molecule has 1 unspecified atom stereocenters. The zero-order chi connectivity index (χ0) is 18.9. The van der Waals surface area contributed by atoms with Crippen LogP contribution in [0.5, 0.6) is 11.5 Å². The highest BCUT2D eigenvalue weighted by Crippen LogP contribution is 2.39. The molecule has 3 aromatic carbocycles. The third-order valence-electron chi connectivity index (χ3n) is 5.28. The maximum atomic E-state index is 13.0. The lowest BCUT2D eigenvalue weighted by Crippen LogP contribution is -2.09. The number of carbonyl (C=O) groups is 1. The number of hydrogen-bond acceptors (Lipinski definition) is 3. The normalized spacial score (nSPS) is 13.6. The van der Waals surface area contributed by atoms with Gasteiger partial charge in [-0.15, -0.1) is 0 Å². The number of nitrogens with one attached hydrogen (secondary N) is 1. The number of H-pyrrole nitrogens is 1. The summed E-state index contributed by atoms with van der Waals surface area (Å²) in [6.45, 7) is 0.236. The Morgan fingerprint density at radius 2 is 1.71 bits per heavy atom. The van der Waals surface area contributed by atoms with E-state index >= 15 is 0 Å². The zero-order valence-corrected chi connectivity index (χ0v) is 15.2. The molecule has 1 atom stereocenters. The Morgan fingerprint density at radius 1 is 0.929 bits per heavy atom. The van der Waals surface area contributed by atoms with E-state index in [2.05, 4.69) is 17.1 Å². The lowest BCUT2D eigenvalue weighted by Gasteiger charge is -2.17. The number of aromatic amines is 1. The number of carbonyl (C=O) groups excluding carboxylic acids is 1. The van der Waals surface area contributed by atoms with Crippen molar-refractivity contribution in [3.63, 3.8) is 0 Å². The molecule has 4 heteroatoms. The van der Waals surface area contributed by atoms with E-state index in [1.165, 1.54) is 0 Å². The molecule has 5 rings (SSSR count). The SMILES string of the molecule is O=C(CC(c1ccc2c(c1)OCO2)c1c[nH]c2ccccc12)c1ccccc1. The molecule has 1 aliphatic rings. The van der Waals surface area contributed by atoms with Gasteiger partial charge in [0.1, 0.15) is 0 Å². The molecule has 0 aliphatic carbocycles. The Bertz CT molecular complexity index is 1150. The van der Waals surface area contributed by atoms with Crippen LogP contribution in [0.3, 0.4) is 0 Å². The number of benzene rings is 3. The zero-order valence-electron chi connectivity index (χ0n) is 15.2. The molecule has 0 fully saturated rings. The molecule has 28 heavy (non-hydrogen) atoms. The minimum Gasteiger partial charge on any atom is -0.454 e. The van der Waals surface area contributed by atoms with Crippen LogP contribution in [0.15, 0.2) is 79.0 Å². The second-order valence-corrected chi connectivity index (χ2v) is 6.95. The fraction of sp³-hybridized carbons (Fsp3) is 0.125. The van der Waals surface area contributed by atoms with Crippen LogP contribution in [0, 0.1) is 0 Å². The van der Waals surface area contributed by atoms with Crippen molar-refractivity contribution in [3.8, 4) is 11.5 Å². The highest BCUT2D eigenvalue weighted by molar-refractivity contribution is 5.97. The monoisotopic (exact) mass is 369 g/mol. The molecule has 1 aromatic heterocycles. The van der Waals surface area contributed by atoms with Crippen LogP contribution >= 0.6 is 0 Å². The van der Waals surface area contributed by atoms with Crippen molar-refractivity contribution in [3.05, 3.63) is 95.7 Å². The summed E-state index contributed by atoms with van der Waals surface area (Å²) >= 11 is 0. The summed E-state index contributed by atoms with van der Waals surface area (Å²) in [4.78, 5) is 16.4. The average Bonchev–Trinajstić information content (AvgIpc) is 3.39. The second-order valence-electron chi connectivity index (χ2n) is 6.95. The predicted octanol–water partition coefficient (Wildman–Crippen LogP) is 5.30. The van der Waals surface area contributed by atoms with Gasteiger partial charge in [0.15, 0.2) is 17.3 Å². The van der Waals surface area contributed by atoms with Gasteiger partial charge in [0.2, 0.25) is 6.79 Å². The van der Waals surface area contributed by atoms with Crippen molar-refractivity contribution in [1.82, 2.24) is 4.98 Å². The number of aromatic nitrogens is 1. The largest absolute Gasteiger partial charge is 0.454 e. The number of fused-ring (bicyclic) bond motifs is 2. The molecule has 0 saturated heterocycles. The fourth-order valence-corrected chi connectivity index (χ4v) is 3.85. The maximum Gasteiger partial charge on any atom is 0.231 e. The van der Waals surface area contributed by atoms with E-state index in [0.29, 0.717) is 6.42 Å². The number of hydrogen-bond donors (Lipinski definition) is 1. The van der Waals surface area contributed by atoms with Crippen LogP contribution in [0.4, 0.5) is 0 Å². The third kappa shape index (κ3) is 2.93. The lowest BCUT2D eigenvalue weighted by atomic mass is 9.85. The minimum absolute atomic E-state index is 0.0849. The van der Waals surface area contributed by atoms with Crippen molar-refractivity contribution in [2.24, 2.45) is 0 Å².